The monoisotopic (exact) mass is 191 g/mol. The minimum absolute atomic E-state index is 0.519. The molecule has 1 aromatic heterocycles. The highest BCUT2D eigenvalue weighted by Crippen LogP contribution is 2.20. The quantitative estimate of drug-likeness (QED) is 0.678. The van der Waals surface area contributed by atoms with E-state index in [1.807, 2.05) is 37.4 Å². The molecule has 0 atom stereocenters. The Hall–Kier alpha value is -1.28. The van der Waals surface area contributed by atoms with E-state index >= 15 is 0 Å². The van der Waals surface area contributed by atoms with Crippen molar-refractivity contribution in [2.75, 3.05) is 0 Å². The van der Waals surface area contributed by atoms with Crippen molar-refractivity contribution in [3.63, 3.8) is 0 Å². The average molecular weight is 192 g/mol. The van der Waals surface area contributed by atoms with Crippen molar-refractivity contribution < 1.29 is 0 Å². The van der Waals surface area contributed by atoms with E-state index in [-0.39, 0.29) is 0 Å². The largest absolute Gasteiger partial charge is 0.266 e. The molecule has 0 saturated heterocycles. The predicted octanol–water partition coefficient (Wildman–Crippen LogP) is 2.54. The molecule has 1 radical (unpaired) electrons. The van der Waals surface area contributed by atoms with Gasteiger partial charge in [0.15, 0.2) is 5.15 Å². The second-order valence-corrected chi connectivity index (χ2v) is 3.15. The van der Waals surface area contributed by atoms with Crippen LogP contribution in [0.4, 0.5) is 0 Å². The number of aryl methyl sites for hydroxylation is 1. The van der Waals surface area contributed by atoms with Gasteiger partial charge in [-0.1, -0.05) is 35.9 Å². The van der Waals surface area contributed by atoms with Crippen molar-refractivity contribution in [2.45, 2.75) is 0 Å². The van der Waals surface area contributed by atoms with Gasteiger partial charge in [-0.05, 0) is 11.6 Å². The smallest absolute Gasteiger partial charge is 0.151 e. The fourth-order valence-corrected chi connectivity index (χ4v) is 1.48. The van der Waals surface area contributed by atoms with Gasteiger partial charge in [-0.3, -0.25) is 4.68 Å². The molecular formula is C10H8ClN2. The van der Waals surface area contributed by atoms with E-state index in [0.29, 0.717) is 5.15 Å². The van der Waals surface area contributed by atoms with Crippen LogP contribution in [0.15, 0.2) is 30.3 Å². The van der Waals surface area contributed by atoms with Gasteiger partial charge in [-0.2, -0.15) is 5.10 Å². The normalized spacial score (nSPS) is 10.3. The van der Waals surface area contributed by atoms with E-state index in [4.69, 9.17) is 11.6 Å². The van der Waals surface area contributed by atoms with Crippen molar-refractivity contribution in [1.29, 1.82) is 0 Å². The topological polar surface area (TPSA) is 17.8 Å². The van der Waals surface area contributed by atoms with Crippen LogP contribution in [0.2, 0.25) is 5.15 Å². The lowest BCUT2D eigenvalue weighted by molar-refractivity contribution is 0.776. The summed E-state index contributed by atoms with van der Waals surface area (Å²) in [4.78, 5) is 0. The SMILES string of the molecule is Cn1nc(Cl)cc1-c1cc[c]cc1. The molecule has 0 saturated carbocycles. The van der Waals surface area contributed by atoms with Crippen LogP contribution in [-0.4, -0.2) is 9.78 Å². The maximum atomic E-state index is 5.78. The molecule has 0 bridgehead atoms. The Morgan fingerprint density at radius 1 is 1.38 bits per heavy atom. The van der Waals surface area contributed by atoms with E-state index in [1.165, 1.54) is 0 Å². The third kappa shape index (κ3) is 1.58. The van der Waals surface area contributed by atoms with Gasteiger partial charge in [0.05, 0.1) is 5.69 Å². The van der Waals surface area contributed by atoms with Crippen molar-refractivity contribution in [3.8, 4) is 11.3 Å². The van der Waals surface area contributed by atoms with E-state index in [9.17, 15) is 0 Å². The molecule has 1 heterocycles. The van der Waals surface area contributed by atoms with Crippen LogP contribution >= 0.6 is 11.6 Å². The second-order valence-electron chi connectivity index (χ2n) is 2.76. The lowest BCUT2D eigenvalue weighted by atomic mass is 10.1. The molecule has 0 aliphatic heterocycles. The van der Waals surface area contributed by atoms with Crippen LogP contribution in [-0.2, 0) is 7.05 Å². The number of halogens is 1. The highest BCUT2D eigenvalue weighted by Gasteiger charge is 2.04. The van der Waals surface area contributed by atoms with Crippen molar-refractivity contribution in [3.05, 3.63) is 41.6 Å². The molecule has 65 valence electrons. The van der Waals surface area contributed by atoms with Gasteiger partial charge in [-0.15, -0.1) is 0 Å². The number of benzene rings is 1. The van der Waals surface area contributed by atoms with Crippen molar-refractivity contribution >= 4 is 11.6 Å². The van der Waals surface area contributed by atoms with Crippen molar-refractivity contribution in [2.24, 2.45) is 7.05 Å². The lowest BCUT2D eigenvalue weighted by Crippen LogP contribution is -1.92. The van der Waals surface area contributed by atoms with Gasteiger partial charge in [0, 0.05) is 13.1 Å². The molecule has 1 aromatic carbocycles. The third-order valence-corrected chi connectivity index (χ3v) is 2.05. The first-order valence-corrected chi connectivity index (χ1v) is 4.31. The van der Waals surface area contributed by atoms with Crippen LogP contribution in [0, 0.1) is 6.07 Å². The zero-order chi connectivity index (χ0) is 9.26. The van der Waals surface area contributed by atoms with Crippen LogP contribution < -0.4 is 0 Å². The van der Waals surface area contributed by atoms with Crippen LogP contribution in [0.25, 0.3) is 11.3 Å². The highest BCUT2D eigenvalue weighted by molar-refractivity contribution is 6.29. The number of hydrogen-bond acceptors (Lipinski definition) is 1. The molecule has 3 heteroatoms. The number of rotatable bonds is 1. The Morgan fingerprint density at radius 2 is 2.08 bits per heavy atom. The molecule has 0 N–H and O–H groups in total. The molecule has 0 unspecified atom stereocenters. The molecule has 0 aliphatic rings. The molecule has 2 nitrogen and oxygen atoms in total. The summed E-state index contributed by atoms with van der Waals surface area (Å²) in [5.74, 6) is 0. The second kappa shape index (κ2) is 3.23. The molecule has 0 spiro atoms. The summed E-state index contributed by atoms with van der Waals surface area (Å²) in [5, 5.41) is 4.58. The Bertz CT molecular complexity index is 406. The standard InChI is InChI=1S/C10H8ClN2/c1-13-9(7-10(11)12-13)8-5-3-2-4-6-8/h3-7H,1H3. The maximum Gasteiger partial charge on any atom is 0.151 e. The number of aromatic nitrogens is 2. The van der Waals surface area contributed by atoms with E-state index in [0.717, 1.165) is 11.3 Å². The Balaban J connectivity index is 2.53. The Kier molecular flexibility index (Phi) is 2.07. The van der Waals surface area contributed by atoms with E-state index in [1.54, 1.807) is 4.68 Å². The molecule has 2 aromatic rings. The lowest BCUT2D eigenvalue weighted by Gasteiger charge is -1.99. The fraction of sp³-hybridized carbons (Fsp3) is 0.100. The number of hydrogen-bond donors (Lipinski definition) is 0. The summed E-state index contributed by atoms with van der Waals surface area (Å²) in [6.07, 6.45) is 0. The minimum Gasteiger partial charge on any atom is -0.266 e. The highest BCUT2D eigenvalue weighted by atomic mass is 35.5. The van der Waals surface area contributed by atoms with Gasteiger partial charge in [0.1, 0.15) is 0 Å². The minimum atomic E-state index is 0.519. The summed E-state index contributed by atoms with van der Waals surface area (Å²) in [7, 11) is 1.87. The first kappa shape index (κ1) is 8.32. The van der Waals surface area contributed by atoms with Crippen molar-refractivity contribution in [1.82, 2.24) is 9.78 Å². The summed E-state index contributed by atoms with van der Waals surface area (Å²) < 4.78 is 1.76. The molecule has 13 heavy (non-hydrogen) atoms. The number of nitrogens with zero attached hydrogens (tertiary/aromatic N) is 2. The molecule has 0 fully saturated rings. The zero-order valence-electron chi connectivity index (χ0n) is 7.16. The van der Waals surface area contributed by atoms with Gasteiger partial charge >= 0.3 is 0 Å². The van der Waals surface area contributed by atoms with Crippen LogP contribution in [0.5, 0.6) is 0 Å². The Morgan fingerprint density at radius 3 is 2.62 bits per heavy atom. The van der Waals surface area contributed by atoms with Crippen LogP contribution in [0.1, 0.15) is 0 Å². The maximum absolute atomic E-state index is 5.78. The Labute approximate surface area is 81.8 Å². The fourth-order valence-electron chi connectivity index (χ4n) is 1.26. The van der Waals surface area contributed by atoms with Gasteiger partial charge in [-0.25, -0.2) is 0 Å². The summed E-state index contributed by atoms with van der Waals surface area (Å²) >= 11 is 5.78. The first-order valence-electron chi connectivity index (χ1n) is 3.93. The van der Waals surface area contributed by atoms with Gasteiger partial charge in [0.25, 0.3) is 0 Å². The summed E-state index contributed by atoms with van der Waals surface area (Å²) in [6.45, 7) is 0. The first-order chi connectivity index (χ1) is 6.27. The third-order valence-electron chi connectivity index (χ3n) is 1.86. The zero-order valence-corrected chi connectivity index (χ0v) is 7.92. The molecule has 2 rings (SSSR count). The molecule has 0 amide bonds. The van der Waals surface area contributed by atoms with Crippen LogP contribution in [0.3, 0.4) is 0 Å². The van der Waals surface area contributed by atoms with E-state index in [2.05, 4.69) is 11.2 Å². The molecule has 0 aliphatic carbocycles. The summed E-state index contributed by atoms with van der Waals surface area (Å²) in [6, 6.07) is 12.5. The predicted molar refractivity (Wildman–Crippen MR) is 52.5 cm³/mol. The van der Waals surface area contributed by atoms with Gasteiger partial charge in [0.2, 0.25) is 0 Å². The summed E-state index contributed by atoms with van der Waals surface area (Å²) in [5.41, 5.74) is 2.11. The van der Waals surface area contributed by atoms with Gasteiger partial charge < -0.3 is 0 Å². The van der Waals surface area contributed by atoms with E-state index < -0.39 is 0 Å². The average Bonchev–Trinajstić information content (AvgIpc) is 2.47. The molecular weight excluding hydrogens is 184 g/mol.